The minimum atomic E-state index is 0.0831. The lowest BCUT2D eigenvalue weighted by Gasteiger charge is -2.35. The second-order valence-electron chi connectivity index (χ2n) is 8.23. The normalized spacial score (nSPS) is 24.4. The first-order valence-corrected chi connectivity index (χ1v) is 10.5. The van der Waals surface area contributed by atoms with Gasteiger partial charge in [0.05, 0.1) is 12.2 Å². The summed E-state index contributed by atoms with van der Waals surface area (Å²) >= 11 is 0. The van der Waals surface area contributed by atoms with Crippen molar-refractivity contribution in [1.29, 1.82) is 0 Å². The lowest BCUT2D eigenvalue weighted by Crippen LogP contribution is -2.48. The molecule has 0 radical (unpaired) electrons. The zero-order chi connectivity index (χ0) is 20.1. The van der Waals surface area contributed by atoms with E-state index in [2.05, 4.69) is 22.1 Å². The summed E-state index contributed by atoms with van der Waals surface area (Å²) in [6.07, 6.45) is 2.61. The molecule has 1 aromatic rings. The molecule has 2 saturated heterocycles. The van der Waals surface area contributed by atoms with Crippen molar-refractivity contribution in [2.24, 2.45) is 10.9 Å². The number of guanidine groups is 1. The van der Waals surface area contributed by atoms with Gasteiger partial charge in [0.25, 0.3) is 5.91 Å². The molecular weight excluding hydrogens is 352 g/mol. The van der Waals surface area contributed by atoms with Crippen LogP contribution in [-0.2, 0) is 11.3 Å². The summed E-state index contributed by atoms with van der Waals surface area (Å²) in [5.74, 6) is 1.85. The Hall–Kier alpha value is -2.08. The van der Waals surface area contributed by atoms with Crippen LogP contribution in [0.2, 0.25) is 0 Å². The van der Waals surface area contributed by atoms with Crippen LogP contribution in [0.4, 0.5) is 0 Å². The highest BCUT2D eigenvalue weighted by Crippen LogP contribution is 2.17. The number of nitrogens with one attached hydrogen (secondary N) is 1. The minimum absolute atomic E-state index is 0.0831. The Morgan fingerprint density at radius 2 is 1.68 bits per heavy atom. The number of carbonyl (C=O) groups excluding carboxylic acids is 1. The van der Waals surface area contributed by atoms with E-state index >= 15 is 0 Å². The Labute approximate surface area is 168 Å². The second kappa shape index (κ2) is 9.41. The standard InChI is InChI=1S/C22H34N4O2/c1-16-9-11-25(12-10-16)22(23-4)24-13-19-5-7-20(8-6-19)21(27)26-14-17(2)28-18(3)15-26/h5-8,16-18H,9-15H2,1-4H3,(H,23,24). The Kier molecular flexibility index (Phi) is 6.94. The van der Waals surface area contributed by atoms with Gasteiger partial charge in [-0.3, -0.25) is 9.79 Å². The lowest BCUT2D eigenvalue weighted by molar-refractivity contribution is -0.0586. The van der Waals surface area contributed by atoms with Crippen LogP contribution in [0.3, 0.4) is 0 Å². The van der Waals surface area contributed by atoms with E-state index in [4.69, 9.17) is 4.74 Å². The smallest absolute Gasteiger partial charge is 0.254 e. The first kappa shape index (κ1) is 20.6. The van der Waals surface area contributed by atoms with Gasteiger partial charge in [-0.1, -0.05) is 19.1 Å². The molecule has 0 bridgehead atoms. The number of morpholine rings is 1. The molecule has 2 atom stereocenters. The highest BCUT2D eigenvalue weighted by atomic mass is 16.5. The molecule has 6 nitrogen and oxygen atoms in total. The number of piperidine rings is 1. The van der Waals surface area contributed by atoms with Crippen LogP contribution in [0, 0.1) is 5.92 Å². The fourth-order valence-corrected chi connectivity index (χ4v) is 4.03. The predicted octanol–water partition coefficient (Wildman–Crippen LogP) is 2.74. The van der Waals surface area contributed by atoms with Crippen molar-refractivity contribution in [2.75, 3.05) is 33.2 Å². The van der Waals surface area contributed by atoms with E-state index in [1.54, 1.807) is 0 Å². The number of nitrogens with zero attached hydrogens (tertiary/aromatic N) is 3. The molecule has 1 amide bonds. The summed E-state index contributed by atoms with van der Waals surface area (Å²) in [6, 6.07) is 7.91. The van der Waals surface area contributed by atoms with E-state index in [1.807, 2.05) is 50.1 Å². The number of ether oxygens (including phenoxy) is 1. The molecule has 0 aliphatic carbocycles. The largest absolute Gasteiger partial charge is 0.372 e. The maximum atomic E-state index is 12.8. The lowest BCUT2D eigenvalue weighted by atomic mass is 9.99. The number of aliphatic imine (C=N–C) groups is 1. The maximum Gasteiger partial charge on any atom is 0.254 e. The van der Waals surface area contributed by atoms with Crippen molar-refractivity contribution in [3.63, 3.8) is 0 Å². The predicted molar refractivity (Wildman–Crippen MR) is 113 cm³/mol. The third-order valence-corrected chi connectivity index (χ3v) is 5.65. The van der Waals surface area contributed by atoms with Crippen LogP contribution in [0.5, 0.6) is 0 Å². The molecule has 2 aliphatic heterocycles. The van der Waals surface area contributed by atoms with Crippen molar-refractivity contribution in [2.45, 2.75) is 52.4 Å². The summed E-state index contributed by atoms with van der Waals surface area (Å²) < 4.78 is 5.72. The van der Waals surface area contributed by atoms with Gasteiger partial charge in [0, 0.05) is 45.3 Å². The van der Waals surface area contributed by atoms with Crippen LogP contribution in [0.25, 0.3) is 0 Å². The van der Waals surface area contributed by atoms with Crippen LogP contribution < -0.4 is 5.32 Å². The van der Waals surface area contributed by atoms with Crippen LogP contribution >= 0.6 is 0 Å². The molecule has 0 aromatic heterocycles. The number of hydrogen-bond acceptors (Lipinski definition) is 3. The summed E-state index contributed by atoms with van der Waals surface area (Å²) in [7, 11) is 1.84. The van der Waals surface area contributed by atoms with Crippen LogP contribution in [0.15, 0.2) is 29.3 Å². The van der Waals surface area contributed by atoms with Crippen molar-refractivity contribution in [3.8, 4) is 0 Å². The highest BCUT2D eigenvalue weighted by molar-refractivity contribution is 5.94. The molecule has 2 fully saturated rings. The van der Waals surface area contributed by atoms with Gasteiger partial charge in [0.15, 0.2) is 5.96 Å². The molecule has 1 N–H and O–H groups in total. The first-order valence-electron chi connectivity index (χ1n) is 10.5. The second-order valence-corrected chi connectivity index (χ2v) is 8.23. The summed E-state index contributed by atoms with van der Waals surface area (Å²) in [4.78, 5) is 21.4. The number of amides is 1. The molecule has 2 aliphatic rings. The molecule has 3 rings (SSSR count). The fraction of sp³-hybridized carbons (Fsp3) is 0.636. The number of benzene rings is 1. The van der Waals surface area contributed by atoms with Gasteiger partial charge in [-0.2, -0.15) is 0 Å². The monoisotopic (exact) mass is 386 g/mol. The van der Waals surface area contributed by atoms with Crippen molar-refractivity contribution in [3.05, 3.63) is 35.4 Å². The molecule has 2 heterocycles. The molecule has 6 heteroatoms. The Balaban J connectivity index is 1.54. The molecular formula is C22H34N4O2. The van der Waals surface area contributed by atoms with E-state index < -0.39 is 0 Å². The summed E-state index contributed by atoms with van der Waals surface area (Å²) in [5, 5.41) is 3.46. The SMILES string of the molecule is CN=C(NCc1ccc(C(=O)N2CC(C)OC(C)C2)cc1)N1CCC(C)CC1. The van der Waals surface area contributed by atoms with Crippen molar-refractivity contribution in [1.82, 2.24) is 15.1 Å². The molecule has 154 valence electrons. The number of rotatable bonds is 3. The third-order valence-electron chi connectivity index (χ3n) is 5.65. The fourth-order valence-electron chi connectivity index (χ4n) is 4.03. The molecule has 0 saturated carbocycles. The highest BCUT2D eigenvalue weighted by Gasteiger charge is 2.26. The van der Waals surface area contributed by atoms with Crippen molar-refractivity contribution >= 4 is 11.9 Å². The summed E-state index contributed by atoms with van der Waals surface area (Å²) in [6.45, 7) is 10.5. The van der Waals surface area contributed by atoms with E-state index in [0.717, 1.165) is 36.1 Å². The van der Waals surface area contributed by atoms with Gasteiger partial charge in [-0.15, -0.1) is 0 Å². The van der Waals surface area contributed by atoms with E-state index in [9.17, 15) is 4.79 Å². The van der Waals surface area contributed by atoms with Gasteiger partial charge in [0.2, 0.25) is 0 Å². The molecule has 2 unspecified atom stereocenters. The van der Waals surface area contributed by atoms with Crippen LogP contribution in [-0.4, -0.2) is 67.1 Å². The van der Waals surface area contributed by atoms with Crippen LogP contribution in [0.1, 0.15) is 49.5 Å². The Bertz CT molecular complexity index is 670. The van der Waals surface area contributed by atoms with Gasteiger partial charge >= 0.3 is 0 Å². The molecule has 0 spiro atoms. The van der Waals surface area contributed by atoms with Gasteiger partial charge in [-0.25, -0.2) is 0 Å². The number of hydrogen-bond donors (Lipinski definition) is 1. The summed E-state index contributed by atoms with van der Waals surface area (Å²) in [5.41, 5.74) is 1.88. The third kappa shape index (κ3) is 5.25. The zero-order valence-corrected chi connectivity index (χ0v) is 17.6. The topological polar surface area (TPSA) is 57.2 Å². The average molecular weight is 387 g/mol. The average Bonchev–Trinajstić information content (AvgIpc) is 2.69. The Morgan fingerprint density at radius 3 is 2.25 bits per heavy atom. The minimum Gasteiger partial charge on any atom is -0.372 e. The van der Waals surface area contributed by atoms with Gasteiger partial charge < -0.3 is 19.9 Å². The van der Waals surface area contributed by atoms with Gasteiger partial charge in [0.1, 0.15) is 0 Å². The maximum absolute atomic E-state index is 12.8. The first-order chi connectivity index (χ1) is 13.5. The Morgan fingerprint density at radius 1 is 1.07 bits per heavy atom. The molecule has 28 heavy (non-hydrogen) atoms. The quantitative estimate of drug-likeness (QED) is 0.641. The number of likely N-dealkylation sites (tertiary alicyclic amines) is 1. The van der Waals surface area contributed by atoms with E-state index in [0.29, 0.717) is 19.6 Å². The number of carbonyl (C=O) groups is 1. The van der Waals surface area contributed by atoms with Crippen molar-refractivity contribution < 1.29 is 9.53 Å². The van der Waals surface area contributed by atoms with E-state index in [-0.39, 0.29) is 18.1 Å². The van der Waals surface area contributed by atoms with E-state index in [1.165, 1.54) is 12.8 Å². The molecule has 1 aromatic carbocycles. The zero-order valence-electron chi connectivity index (χ0n) is 17.6. The van der Waals surface area contributed by atoms with Gasteiger partial charge in [-0.05, 0) is 50.3 Å².